The quantitative estimate of drug-likeness (QED) is 0.750. The lowest BCUT2D eigenvalue weighted by Gasteiger charge is -1.88. The predicted molar refractivity (Wildman–Crippen MR) is 50.8 cm³/mol. The molecular formula is C8H5BrN2O2. The Labute approximate surface area is 81.7 Å². The van der Waals surface area contributed by atoms with Crippen molar-refractivity contribution in [2.45, 2.75) is 0 Å². The van der Waals surface area contributed by atoms with Gasteiger partial charge in [0.1, 0.15) is 15.9 Å². The monoisotopic (exact) mass is 240 g/mol. The van der Waals surface area contributed by atoms with Crippen molar-refractivity contribution in [1.82, 2.24) is 9.97 Å². The number of nitrogens with zero attached hydrogens (tertiary/aromatic N) is 1. The molecule has 2 rings (SSSR count). The van der Waals surface area contributed by atoms with Gasteiger partial charge in [-0.25, -0.2) is 9.78 Å². The molecule has 0 aromatic carbocycles. The van der Waals surface area contributed by atoms with Crippen LogP contribution in [0, 0.1) is 0 Å². The Morgan fingerprint density at radius 1 is 1.54 bits per heavy atom. The summed E-state index contributed by atoms with van der Waals surface area (Å²) in [6.45, 7) is 0. The van der Waals surface area contributed by atoms with Crippen LogP contribution in [0.5, 0.6) is 0 Å². The molecule has 13 heavy (non-hydrogen) atoms. The van der Waals surface area contributed by atoms with Gasteiger partial charge in [-0.2, -0.15) is 0 Å². The first-order chi connectivity index (χ1) is 6.16. The maximum atomic E-state index is 10.6. The van der Waals surface area contributed by atoms with Crippen LogP contribution in [0.25, 0.3) is 11.0 Å². The SMILES string of the molecule is O=C(O)c1cc2ccc(Br)nc2[nH]1. The number of H-pyrrole nitrogens is 1. The van der Waals surface area contributed by atoms with E-state index < -0.39 is 5.97 Å². The molecule has 5 heteroatoms. The molecule has 2 heterocycles. The molecule has 2 N–H and O–H groups in total. The van der Waals surface area contributed by atoms with Crippen LogP contribution in [0.4, 0.5) is 0 Å². The van der Waals surface area contributed by atoms with Crippen molar-refractivity contribution >= 4 is 32.9 Å². The van der Waals surface area contributed by atoms with E-state index in [1.807, 2.05) is 0 Å². The predicted octanol–water partition coefficient (Wildman–Crippen LogP) is 2.02. The van der Waals surface area contributed by atoms with Crippen molar-refractivity contribution in [3.8, 4) is 0 Å². The Bertz CT molecular complexity index is 478. The number of pyridine rings is 1. The van der Waals surface area contributed by atoms with E-state index in [9.17, 15) is 4.79 Å². The maximum Gasteiger partial charge on any atom is 0.352 e. The highest BCUT2D eigenvalue weighted by molar-refractivity contribution is 9.10. The van der Waals surface area contributed by atoms with E-state index in [0.29, 0.717) is 10.3 Å². The van der Waals surface area contributed by atoms with Crippen LogP contribution in [0.1, 0.15) is 10.5 Å². The lowest BCUT2D eigenvalue weighted by molar-refractivity contribution is 0.0691. The Morgan fingerprint density at radius 2 is 2.31 bits per heavy atom. The second-order valence-electron chi connectivity index (χ2n) is 2.56. The number of fused-ring (bicyclic) bond motifs is 1. The summed E-state index contributed by atoms with van der Waals surface area (Å²) in [5.41, 5.74) is 0.729. The number of carboxylic acids is 1. The summed E-state index contributed by atoms with van der Waals surface area (Å²) in [5, 5.41) is 9.48. The first-order valence-electron chi connectivity index (χ1n) is 3.55. The third kappa shape index (κ3) is 1.42. The van der Waals surface area contributed by atoms with Gasteiger partial charge in [-0.15, -0.1) is 0 Å². The van der Waals surface area contributed by atoms with Gasteiger partial charge in [0.25, 0.3) is 0 Å². The molecule has 0 aliphatic rings. The number of rotatable bonds is 1. The molecule has 4 nitrogen and oxygen atoms in total. The van der Waals surface area contributed by atoms with Crippen molar-refractivity contribution < 1.29 is 9.90 Å². The zero-order chi connectivity index (χ0) is 9.42. The number of carbonyl (C=O) groups is 1. The average Bonchev–Trinajstić information content (AvgIpc) is 2.46. The number of aromatic nitrogens is 2. The maximum absolute atomic E-state index is 10.6. The molecule has 0 fully saturated rings. The molecular weight excluding hydrogens is 236 g/mol. The van der Waals surface area contributed by atoms with Crippen LogP contribution in [-0.2, 0) is 0 Å². The zero-order valence-electron chi connectivity index (χ0n) is 6.41. The standard InChI is InChI=1S/C8H5BrN2O2/c9-6-2-1-4-3-5(8(12)13)10-7(4)11-6/h1-3H,(H,10,11)(H,12,13). The van der Waals surface area contributed by atoms with Gasteiger partial charge in [0.15, 0.2) is 0 Å². The average molecular weight is 241 g/mol. The molecule has 2 aromatic rings. The molecule has 66 valence electrons. The third-order valence-electron chi connectivity index (χ3n) is 1.68. The number of halogens is 1. The van der Waals surface area contributed by atoms with E-state index in [2.05, 4.69) is 25.9 Å². The van der Waals surface area contributed by atoms with Crippen LogP contribution in [0.3, 0.4) is 0 Å². The Kier molecular flexibility index (Phi) is 1.81. The number of carboxylic acid groups (broad SMARTS) is 1. The highest BCUT2D eigenvalue weighted by Crippen LogP contribution is 2.16. The lowest BCUT2D eigenvalue weighted by Crippen LogP contribution is -1.94. The van der Waals surface area contributed by atoms with Crippen LogP contribution < -0.4 is 0 Å². The largest absolute Gasteiger partial charge is 0.477 e. The van der Waals surface area contributed by atoms with Gasteiger partial charge >= 0.3 is 5.97 Å². The first-order valence-corrected chi connectivity index (χ1v) is 4.34. The van der Waals surface area contributed by atoms with Crippen LogP contribution >= 0.6 is 15.9 Å². The molecule has 0 saturated carbocycles. The van der Waals surface area contributed by atoms with E-state index >= 15 is 0 Å². The summed E-state index contributed by atoms with van der Waals surface area (Å²) in [6.07, 6.45) is 0. The van der Waals surface area contributed by atoms with Crippen molar-refractivity contribution in [3.63, 3.8) is 0 Å². The number of nitrogens with one attached hydrogen (secondary N) is 1. The number of aromatic carboxylic acids is 1. The molecule has 0 bridgehead atoms. The van der Waals surface area contributed by atoms with E-state index in [4.69, 9.17) is 5.11 Å². The van der Waals surface area contributed by atoms with Gasteiger partial charge in [-0.3, -0.25) is 0 Å². The van der Waals surface area contributed by atoms with E-state index in [1.165, 1.54) is 0 Å². The number of hydrogen-bond donors (Lipinski definition) is 2. The van der Waals surface area contributed by atoms with Crippen molar-refractivity contribution in [2.75, 3.05) is 0 Å². The van der Waals surface area contributed by atoms with Crippen molar-refractivity contribution in [2.24, 2.45) is 0 Å². The van der Waals surface area contributed by atoms with E-state index in [-0.39, 0.29) is 5.69 Å². The summed E-state index contributed by atoms with van der Waals surface area (Å²) < 4.78 is 0.679. The Hall–Kier alpha value is -1.36. The molecule has 0 unspecified atom stereocenters. The Morgan fingerprint density at radius 3 is 3.00 bits per heavy atom. The van der Waals surface area contributed by atoms with Crippen LogP contribution in [0.15, 0.2) is 22.8 Å². The fourth-order valence-corrected chi connectivity index (χ4v) is 1.41. The minimum absolute atomic E-state index is 0.153. The topological polar surface area (TPSA) is 66.0 Å². The minimum atomic E-state index is -0.978. The van der Waals surface area contributed by atoms with Gasteiger partial charge in [0.05, 0.1) is 0 Å². The smallest absolute Gasteiger partial charge is 0.352 e. The van der Waals surface area contributed by atoms with Gasteiger partial charge in [0, 0.05) is 5.39 Å². The lowest BCUT2D eigenvalue weighted by atomic mass is 10.3. The summed E-state index contributed by atoms with van der Waals surface area (Å²) in [5.74, 6) is -0.978. The fourth-order valence-electron chi connectivity index (χ4n) is 1.10. The summed E-state index contributed by atoms with van der Waals surface area (Å²) in [7, 11) is 0. The van der Waals surface area contributed by atoms with E-state index in [1.54, 1.807) is 18.2 Å². The Balaban J connectivity index is 2.68. The number of aromatic amines is 1. The van der Waals surface area contributed by atoms with Crippen molar-refractivity contribution in [1.29, 1.82) is 0 Å². The number of hydrogen-bond acceptors (Lipinski definition) is 2. The molecule has 0 atom stereocenters. The third-order valence-corrected chi connectivity index (χ3v) is 2.12. The van der Waals surface area contributed by atoms with Crippen molar-refractivity contribution in [3.05, 3.63) is 28.5 Å². The summed E-state index contributed by atoms with van der Waals surface area (Å²) in [6, 6.07) is 5.12. The second-order valence-corrected chi connectivity index (χ2v) is 3.37. The van der Waals surface area contributed by atoms with Gasteiger partial charge < -0.3 is 10.1 Å². The van der Waals surface area contributed by atoms with Gasteiger partial charge in [-0.05, 0) is 34.1 Å². The van der Waals surface area contributed by atoms with Gasteiger partial charge in [-0.1, -0.05) is 0 Å². The highest BCUT2D eigenvalue weighted by atomic mass is 79.9. The van der Waals surface area contributed by atoms with Gasteiger partial charge in [0.2, 0.25) is 0 Å². The molecule has 0 saturated heterocycles. The zero-order valence-corrected chi connectivity index (χ0v) is 8.00. The molecule has 2 aromatic heterocycles. The fraction of sp³-hybridized carbons (Fsp3) is 0. The molecule has 0 radical (unpaired) electrons. The molecule has 0 aliphatic carbocycles. The normalized spacial score (nSPS) is 10.5. The minimum Gasteiger partial charge on any atom is -0.477 e. The first kappa shape index (κ1) is 8.25. The molecule has 0 spiro atoms. The molecule has 0 amide bonds. The van der Waals surface area contributed by atoms with E-state index in [0.717, 1.165) is 5.39 Å². The summed E-state index contributed by atoms with van der Waals surface area (Å²) >= 11 is 3.20. The van der Waals surface area contributed by atoms with Crippen LogP contribution in [-0.4, -0.2) is 21.0 Å². The van der Waals surface area contributed by atoms with Crippen LogP contribution in [0.2, 0.25) is 0 Å². The summed E-state index contributed by atoms with van der Waals surface area (Å²) in [4.78, 5) is 17.4. The highest BCUT2D eigenvalue weighted by Gasteiger charge is 2.07. The molecule has 0 aliphatic heterocycles. The second kappa shape index (κ2) is 2.85.